The first-order valence-corrected chi connectivity index (χ1v) is 12.8. The van der Waals surface area contributed by atoms with Crippen molar-refractivity contribution in [2.45, 2.75) is 31.3 Å². The third-order valence-electron chi connectivity index (χ3n) is 6.41. The summed E-state index contributed by atoms with van der Waals surface area (Å²) >= 11 is 6.28. The molecular weight excluding hydrogens is 563 g/mol. The van der Waals surface area contributed by atoms with E-state index in [1.54, 1.807) is 43.4 Å². The second kappa shape index (κ2) is 10.9. The number of ether oxygens (including phenoxy) is 1. The summed E-state index contributed by atoms with van der Waals surface area (Å²) in [5.41, 5.74) is 0.839. The lowest BCUT2D eigenvalue weighted by Gasteiger charge is -2.13. The first-order valence-electron chi connectivity index (χ1n) is 12.4. The molecule has 1 aromatic heterocycles. The summed E-state index contributed by atoms with van der Waals surface area (Å²) in [7, 11) is 1.67. The molecule has 4 N–H and O–H groups in total. The zero-order chi connectivity index (χ0) is 29.4. The lowest BCUT2D eigenvalue weighted by atomic mass is 10.1. The molecule has 1 heterocycles. The highest BCUT2D eigenvalue weighted by Crippen LogP contribution is 2.35. The fraction of sp³-hybridized carbons (Fsp3) is 0.214. The normalized spacial score (nSPS) is 13.9. The molecule has 212 valence electrons. The summed E-state index contributed by atoms with van der Waals surface area (Å²) in [6.45, 7) is 0.115. The summed E-state index contributed by atoms with van der Waals surface area (Å²) in [5, 5.41) is 19.2. The Hall–Kier alpha value is -4.42. The van der Waals surface area contributed by atoms with E-state index in [0.29, 0.717) is 46.4 Å². The van der Waals surface area contributed by atoms with Crippen molar-refractivity contribution in [2.75, 3.05) is 17.7 Å². The molecule has 0 aliphatic heterocycles. The van der Waals surface area contributed by atoms with Gasteiger partial charge >= 0.3 is 6.36 Å². The standard InChI is InChI=1S/C28H23ClF3N5O4/c1-33-24-19-8-5-17(13-22(19)36-23(37-24)16-3-6-18(7-4-16)41-28(30,31)32)35-25(38)20-12-15(2-9-21(20)29)14-34-26(39)27(40)10-11-27/h2-9,12-13,40H,10-11,14H2,1H3,(H,34,39)(H,35,38)(H,33,36,37). The number of benzene rings is 3. The van der Waals surface area contributed by atoms with E-state index in [0.717, 1.165) is 0 Å². The number of amides is 2. The zero-order valence-corrected chi connectivity index (χ0v) is 22.2. The maximum atomic E-state index is 13.1. The van der Waals surface area contributed by atoms with E-state index in [4.69, 9.17) is 11.6 Å². The Bertz CT molecular complexity index is 1640. The number of rotatable bonds is 8. The maximum Gasteiger partial charge on any atom is 0.573 e. The quantitative estimate of drug-likeness (QED) is 0.222. The van der Waals surface area contributed by atoms with Crippen LogP contribution < -0.4 is 20.7 Å². The van der Waals surface area contributed by atoms with Gasteiger partial charge in [0.1, 0.15) is 17.2 Å². The number of hydrogen-bond donors (Lipinski definition) is 4. The summed E-state index contributed by atoms with van der Waals surface area (Å²) in [5.74, 6) is -0.592. The van der Waals surface area contributed by atoms with Crippen molar-refractivity contribution >= 4 is 45.8 Å². The average molecular weight is 586 g/mol. The van der Waals surface area contributed by atoms with E-state index >= 15 is 0 Å². The van der Waals surface area contributed by atoms with Gasteiger partial charge in [-0.25, -0.2) is 9.97 Å². The molecule has 4 aromatic rings. The molecule has 0 bridgehead atoms. The number of anilines is 2. The van der Waals surface area contributed by atoms with Gasteiger partial charge in [-0.1, -0.05) is 17.7 Å². The van der Waals surface area contributed by atoms with Crippen LogP contribution in [0, 0.1) is 0 Å². The smallest absolute Gasteiger partial charge is 0.406 e. The SMILES string of the molecule is CNc1nc(-c2ccc(OC(F)(F)F)cc2)nc2cc(NC(=O)c3cc(CNC(=O)C4(O)CC4)ccc3Cl)ccc12. The summed E-state index contributed by atoms with van der Waals surface area (Å²) in [6, 6.07) is 15.0. The van der Waals surface area contributed by atoms with Crippen LogP contribution in [0.1, 0.15) is 28.8 Å². The van der Waals surface area contributed by atoms with E-state index in [1.165, 1.54) is 24.3 Å². The van der Waals surface area contributed by atoms with Crippen LogP contribution in [0.5, 0.6) is 5.75 Å². The predicted molar refractivity (Wildman–Crippen MR) is 147 cm³/mol. The van der Waals surface area contributed by atoms with Gasteiger partial charge in [0.05, 0.1) is 16.1 Å². The van der Waals surface area contributed by atoms with E-state index in [-0.39, 0.29) is 28.7 Å². The molecule has 0 spiro atoms. The Morgan fingerprint density at radius 1 is 1.05 bits per heavy atom. The van der Waals surface area contributed by atoms with Crippen molar-refractivity contribution in [3.8, 4) is 17.1 Å². The Labute approximate surface area is 236 Å². The Morgan fingerprint density at radius 3 is 2.44 bits per heavy atom. The minimum Gasteiger partial charge on any atom is -0.406 e. The summed E-state index contributed by atoms with van der Waals surface area (Å²) < 4.78 is 41.4. The number of carbonyl (C=O) groups is 2. The lowest BCUT2D eigenvalue weighted by molar-refractivity contribution is -0.274. The topological polar surface area (TPSA) is 125 Å². The average Bonchev–Trinajstić information content (AvgIpc) is 3.69. The van der Waals surface area contributed by atoms with Gasteiger partial charge in [-0.3, -0.25) is 9.59 Å². The number of aliphatic hydroxyl groups is 1. The zero-order valence-electron chi connectivity index (χ0n) is 21.5. The number of fused-ring (bicyclic) bond motifs is 1. The second-order valence-corrected chi connectivity index (χ2v) is 9.84. The molecule has 13 heteroatoms. The van der Waals surface area contributed by atoms with Gasteiger partial charge in [0.25, 0.3) is 11.8 Å². The summed E-state index contributed by atoms with van der Waals surface area (Å²) in [4.78, 5) is 34.2. The molecule has 1 fully saturated rings. The van der Waals surface area contributed by atoms with Crippen molar-refractivity contribution in [3.63, 3.8) is 0 Å². The molecular formula is C28H23ClF3N5O4. The molecule has 3 aromatic carbocycles. The van der Waals surface area contributed by atoms with Crippen LogP contribution >= 0.6 is 11.6 Å². The number of nitrogens with zero attached hydrogens (tertiary/aromatic N) is 2. The molecule has 0 saturated heterocycles. The van der Waals surface area contributed by atoms with Crippen LogP contribution in [-0.2, 0) is 11.3 Å². The molecule has 5 rings (SSSR count). The van der Waals surface area contributed by atoms with E-state index < -0.39 is 23.8 Å². The van der Waals surface area contributed by atoms with Gasteiger partial charge in [-0.15, -0.1) is 13.2 Å². The minimum absolute atomic E-state index is 0.115. The second-order valence-electron chi connectivity index (χ2n) is 9.43. The molecule has 0 radical (unpaired) electrons. The molecule has 1 saturated carbocycles. The number of halogens is 4. The van der Waals surface area contributed by atoms with Crippen LogP contribution in [0.4, 0.5) is 24.7 Å². The molecule has 2 amide bonds. The van der Waals surface area contributed by atoms with Crippen molar-refractivity contribution in [3.05, 3.63) is 76.8 Å². The van der Waals surface area contributed by atoms with Crippen molar-refractivity contribution in [2.24, 2.45) is 0 Å². The van der Waals surface area contributed by atoms with E-state index in [2.05, 4.69) is 30.7 Å². The molecule has 1 aliphatic carbocycles. The molecule has 0 atom stereocenters. The van der Waals surface area contributed by atoms with Crippen molar-refractivity contribution < 1.29 is 32.6 Å². The minimum atomic E-state index is -4.80. The van der Waals surface area contributed by atoms with Crippen molar-refractivity contribution in [1.29, 1.82) is 0 Å². The summed E-state index contributed by atoms with van der Waals surface area (Å²) in [6.07, 6.45) is -3.96. The fourth-order valence-corrected chi connectivity index (χ4v) is 4.28. The highest BCUT2D eigenvalue weighted by molar-refractivity contribution is 6.34. The van der Waals surface area contributed by atoms with Crippen LogP contribution in [0.2, 0.25) is 5.02 Å². The van der Waals surface area contributed by atoms with Gasteiger partial charge in [0.15, 0.2) is 5.82 Å². The van der Waals surface area contributed by atoms with Gasteiger partial charge in [-0.05, 0) is 73.0 Å². The molecule has 41 heavy (non-hydrogen) atoms. The van der Waals surface area contributed by atoms with Crippen LogP contribution in [0.3, 0.4) is 0 Å². The first-order chi connectivity index (χ1) is 19.4. The Morgan fingerprint density at radius 2 is 1.78 bits per heavy atom. The number of hydrogen-bond acceptors (Lipinski definition) is 7. The number of aromatic nitrogens is 2. The predicted octanol–water partition coefficient (Wildman–Crippen LogP) is 5.28. The van der Waals surface area contributed by atoms with E-state index in [9.17, 15) is 27.9 Å². The lowest BCUT2D eigenvalue weighted by Crippen LogP contribution is -2.35. The van der Waals surface area contributed by atoms with Crippen LogP contribution in [0.15, 0.2) is 60.7 Å². The van der Waals surface area contributed by atoms with Gasteiger partial charge in [0, 0.05) is 30.2 Å². The van der Waals surface area contributed by atoms with E-state index in [1.807, 2.05) is 0 Å². The molecule has 1 aliphatic rings. The monoisotopic (exact) mass is 585 g/mol. The Balaban J connectivity index is 1.36. The maximum absolute atomic E-state index is 13.1. The van der Waals surface area contributed by atoms with Gasteiger partial charge in [-0.2, -0.15) is 0 Å². The largest absolute Gasteiger partial charge is 0.573 e. The first kappa shape index (κ1) is 28.1. The van der Waals surface area contributed by atoms with Crippen molar-refractivity contribution in [1.82, 2.24) is 15.3 Å². The van der Waals surface area contributed by atoms with Gasteiger partial charge < -0.3 is 25.8 Å². The number of carbonyl (C=O) groups excluding carboxylic acids is 2. The fourth-order valence-electron chi connectivity index (χ4n) is 4.08. The van der Waals surface area contributed by atoms with Crippen LogP contribution in [0.25, 0.3) is 22.3 Å². The third-order valence-corrected chi connectivity index (χ3v) is 6.74. The third kappa shape index (κ3) is 6.50. The molecule has 0 unspecified atom stereocenters. The molecule has 9 nitrogen and oxygen atoms in total. The van der Waals surface area contributed by atoms with Gasteiger partial charge in [0.2, 0.25) is 0 Å². The highest BCUT2D eigenvalue weighted by Gasteiger charge is 2.47. The number of alkyl halides is 3. The highest BCUT2D eigenvalue weighted by atomic mass is 35.5. The van der Waals surface area contributed by atoms with Crippen LogP contribution in [-0.4, -0.2) is 45.9 Å². The Kier molecular flexibility index (Phi) is 7.45. The number of nitrogens with one attached hydrogen (secondary N) is 3.